The van der Waals surface area contributed by atoms with Gasteiger partial charge in [-0.25, -0.2) is 0 Å². The number of hydrogen-bond donors (Lipinski definition) is 1. The number of carbonyl (C=O) groups excluding carboxylic acids is 1. The number of aryl methyl sites for hydroxylation is 1. The van der Waals surface area contributed by atoms with Crippen LogP contribution in [0.15, 0.2) is 18.2 Å². The van der Waals surface area contributed by atoms with E-state index in [0.717, 1.165) is 31.5 Å². The predicted molar refractivity (Wildman–Crippen MR) is 88.0 cm³/mol. The molecule has 116 valence electrons. The summed E-state index contributed by atoms with van der Waals surface area (Å²) in [7, 11) is 0. The minimum atomic E-state index is 0.246. The van der Waals surface area contributed by atoms with Crippen molar-refractivity contribution < 1.29 is 4.79 Å². The van der Waals surface area contributed by atoms with E-state index in [1.165, 1.54) is 0 Å². The Bertz CT molecular complexity index is 507. The van der Waals surface area contributed by atoms with Crippen LogP contribution in [-0.2, 0) is 11.2 Å². The van der Waals surface area contributed by atoms with Gasteiger partial charge in [0.2, 0.25) is 5.91 Å². The summed E-state index contributed by atoms with van der Waals surface area (Å²) in [6.45, 7) is 5.91. The van der Waals surface area contributed by atoms with E-state index in [1.807, 2.05) is 17.0 Å². The Morgan fingerprint density at radius 3 is 2.81 bits per heavy atom. The zero-order chi connectivity index (χ0) is 15.4. The van der Waals surface area contributed by atoms with Crippen LogP contribution in [0.3, 0.4) is 0 Å². The monoisotopic (exact) mass is 328 g/mol. The summed E-state index contributed by atoms with van der Waals surface area (Å²) in [6, 6.07) is 6.27. The van der Waals surface area contributed by atoms with Crippen LogP contribution in [0.5, 0.6) is 0 Å². The molecule has 1 fully saturated rings. The number of nitrogens with one attached hydrogen (secondary N) is 1. The van der Waals surface area contributed by atoms with Gasteiger partial charge in [0.05, 0.1) is 10.0 Å². The Morgan fingerprint density at radius 1 is 1.33 bits per heavy atom. The minimum Gasteiger partial charge on any atom is -0.337 e. The summed E-state index contributed by atoms with van der Waals surface area (Å²) < 4.78 is 0. The molecular formula is C16H22Cl2N2O. The van der Waals surface area contributed by atoms with Crippen molar-refractivity contribution in [1.29, 1.82) is 0 Å². The van der Waals surface area contributed by atoms with Gasteiger partial charge in [0.25, 0.3) is 0 Å². The minimum absolute atomic E-state index is 0.246. The largest absolute Gasteiger partial charge is 0.337 e. The molecule has 1 aromatic rings. The number of benzene rings is 1. The van der Waals surface area contributed by atoms with Crippen LogP contribution in [0.1, 0.15) is 32.3 Å². The third-order valence-electron chi connectivity index (χ3n) is 4.19. The first-order valence-corrected chi connectivity index (χ1v) is 8.21. The molecule has 2 rings (SSSR count). The lowest BCUT2D eigenvalue weighted by molar-refractivity contribution is -0.134. The molecule has 0 bridgehead atoms. The van der Waals surface area contributed by atoms with Crippen molar-refractivity contribution in [2.75, 3.05) is 13.1 Å². The first-order chi connectivity index (χ1) is 9.99. The molecule has 1 N–H and O–H groups in total. The van der Waals surface area contributed by atoms with Crippen LogP contribution in [-0.4, -0.2) is 36.0 Å². The van der Waals surface area contributed by atoms with E-state index >= 15 is 0 Å². The van der Waals surface area contributed by atoms with Gasteiger partial charge < -0.3 is 10.2 Å². The highest BCUT2D eigenvalue weighted by Crippen LogP contribution is 2.23. The predicted octanol–water partition coefficient (Wildman–Crippen LogP) is 3.52. The summed E-state index contributed by atoms with van der Waals surface area (Å²) in [4.78, 5) is 14.3. The number of amides is 1. The Morgan fingerprint density at radius 2 is 2.10 bits per heavy atom. The molecule has 0 aliphatic carbocycles. The first-order valence-electron chi connectivity index (χ1n) is 7.46. The SMILES string of the molecule is CC1NCCN(C(=O)CCCc2ccc(Cl)c(Cl)c2)C1C. The Balaban J connectivity index is 1.82. The molecule has 3 nitrogen and oxygen atoms in total. The van der Waals surface area contributed by atoms with Crippen LogP contribution in [0.25, 0.3) is 0 Å². The van der Waals surface area contributed by atoms with Crippen molar-refractivity contribution in [3.63, 3.8) is 0 Å². The van der Waals surface area contributed by atoms with E-state index in [2.05, 4.69) is 19.2 Å². The second kappa shape index (κ2) is 7.48. The smallest absolute Gasteiger partial charge is 0.222 e. The molecule has 1 aliphatic heterocycles. The van der Waals surface area contributed by atoms with Gasteiger partial charge in [-0.05, 0) is 44.4 Å². The average molecular weight is 329 g/mol. The van der Waals surface area contributed by atoms with E-state index in [1.54, 1.807) is 6.07 Å². The molecule has 0 spiro atoms. The number of piperazine rings is 1. The molecule has 2 unspecified atom stereocenters. The molecule has 21 heavy (non-hydrogen) atoms. The van der Waals surface area contributed by atoms with Crippen LogP contribution in [0.2, 0.25) is 10.0 Å². The molecule has 0 aromatic heterocycles. The topological polar surface area (TPSA) is 32.3 Å². The van der Waals surface area contributed by atoms with Gasteiger partial charge >= 0.3 is 0 Å². The van der Waals surface area contributed by atoms with Crippen LogP contribution in [0, 0.1) is 0 Å². The summed E-state index contributed by atoms with van der Waals surface area (Å²) >= 11 is 11.9. The fourth-order valence-electron chi connectivity index (χ4n) is 2.69. The fourth-order valence-corrected chi connectivity index (χ4v) is 3.01. The number of hydrogen-bond acceptors (Lipinski definition) is 2. The lowest BCUT2D eigenvalue weighted by Gasteiger charge is -2.38. The molecule has 2 atom stereocenters. The van der Waals surface area contributed by atoms with E-state index < -0.39 is 0 Å². The Kier molecular flexibility index (Phi) is 5.91. The Hall–Kier alpha value is -0.770. The van der Waals surface area contributed by atoms with Crippen molar-refractivity contribution in [3.05, 3.63) is 33.8 Å². The van der Waals surface area contributed by atoms with Crippen LogP contribution >= 0.6 is 23.2 Å². The van der Waals surface area contributed by atoms with E-state index in [9.17, 15) is 4.79 Å². The molecule has 0 saturated carbocycles. The number of rotatable bonds is 4. The second-order valence-electron chi connectivity index (χ2n) is 5.67. The van der Waals surface area contributed by atoms with Gasteiger partial charge in [-0.1, -0.05) is 29.3 Å². The van der Waals surface area contributed by atoms with Crippen molar-refractivity contribution in [2.45, 2.75) is 45.2 Å². The van der Waals surface area contributed by atoms with Gasteiger partial charge in [0.15, 0.2) is 0 Å². The van der Waals surface area contributed by atoms with Gasteiger partial charge in [-0.15, -0.1) is 0 Å². The maximum Gasteiger partial charge on any atom is 0.222 e. The summed E-state index contributed by atoms with van der Waals surface area (Å²) in [5.41, 5.74) is 1.12. The molecule has 5 heteroatoms. The van der Waals surface area contributed by atoms with E-state index in [4.69, 9.17) is 23.2 Å². The van der Waals surface area contributed by atoms with Gasteiger partial charge in [0.1, 0.15) is 0 Å². The number of nitrogens with zero attached hydrogens (tertiary/aromatic N) is 1. The molecule has 1 heterocycles. The normalized spacial score (nSPS) is 22.4. The number of carbonyl (C=O) groups is 1. The van der Waals surface area contributed by atoms with Crippen LogP contribution < -0.4 is 5.32 Å². The van der Waals surface area contributed by atoms with Crippen molar-refractivity contribution in [3.8, 4) is 0 Å². The van der Waals surface area contributed by atoms with E-state index in [-0.39, 0.29) is 11.9 Å². The molecule has 1 amide bonds. The standard InChI is InChI=1S/C16H22Cl2N2O/c1-11-12(2)20(9-8-19-11)16(21)5-3-4-13-6-7-14(17)15(18)10-13/h6-7,10-12,19H,3-5,8-9H2,1-2H3. The quantitative estimate of drug-likeness (QED) is 0.917. The third-order valence-corrected chi connectivity index (χ3v) is 4.93. The third kappa shape index (κ3) is 4.35. The summed E-state index contributed by atoms with van der Waals surface area (Å²) in [5.74, 6) is 0.246. The van der Waals surface area contributed by atoms with Crippen LogP contribution in [0.4, 0.5) is 0 Å². The molecule has 1 aromatic carbocycles. The van der Waals surface area contributed by atoms with E-state index in [0.29, 0.717) is 22.5 Å². The average Bonchev–Trinajstić information content (AvgIpc) is 2.45. The molecule has 0 radical (unpaired) electrons. The molecule has 1 aliphatic rings. The zero-order valence-electron chi connectivity index (χ0n) is 12.5. The van der Waals surface area contributed by atoms with Crippen molar-refractivity contribution >= 4 is 29.1 Å². The lowest BCUT2D eigenvalue weighted by atomic mass is 10.0. The highest BCUT2D eigenvalue weighted by atomic mass is 35.5. The maximum absolute atomic E-state index is 12.3. The zero-order valence-corrected chi connectivity index (χ0v) is 14.0. The number of halogens is 2. The highest BCUT2D eigenvalue weighted by molar-refractivity contribution is 6.42. The second-order valence-corrected chi connectivity index (χ2v) is 6.49. The van der Waals surface area contributed by atoms with Crippen molar-refractivity contribution in [2.24, 2.45) is 0 Å². The lowest BCUT2D eigenvalue weighted by Crippen LogP contribution is -2.57. The van der Waals surface area contributed by atoms with Gasteiger partial charge in [-0.3, -0.25) is 4.79 Å². The van der Waals surface area contributed by atoms with Gasteiger partial charge in [0, 0.05) is 31.6 Å². The maximum atomic E-state index is 12.3. The molecular weight excluding hydrogens is 307 g/mol. The summed E-state index contributed by atoms with van der Waals surface area (Å²) in [5, 5.41) is 4.53. The fraction of sp³-hybridized carbons (Fsp3) is 0.562. The van der Waals surface area contributed by atoms with Crippen molar-refractivity contribution in [1.82, 2.24) is 10.2 Å². The first kappa shape index (κ1) is 16.6. The summed E-state index contributed by atoms with van der Waals surface area (Å²) in [6.07, 6.45) is 2.26. The highest BCUT2D eigenvalue weighted by Gasteiger charge is 2.27. The Labute approximate surface area is 136 Å². The van der Waals surface area contributed by atoms with Gasteiger partial charge in [-0.2, -0.15) is 0 Å². The molecule has 1 saturated heterocycles.